The third-order valence-corrected chi connectivity index (χ3v) is 2.86. The lowest BCUT2D eigenvalue weighted by Crippen LogP contribution is -2.31. The number of nitrogens with one attached hydrogen (secondary N) is 1. The molecule has 0 unspecified atom stereocenters. The second kappa shape index (κ2) is 5.87. The van der Waals surface area contributed by atoms with Gasteiger partial charge in [0.15, 0.2) is 0 Å². The Kier molecular flexibility index (Phi) is 4.77. The number of hydrogen-bond donors (Lipinski definition) is 3. The Labute approximate surface area is 97.1 Å². The first-order valence-corrected chi connectivity index (χ1v) is 5.71. The molecule has 90 valence electrons. The molecule has 0 bridgehead atoms. The first kappa shape index (κ1) is 13.0. The molecule has 0 amide bonds. The molecule has 1 rings (SSSR count). The van der Waals surface area contributed by atoms with Crippen molar-refractivity contribution in [3.8, 4) is 5.75 Å². The van der Waals surface area contributed by atoms with Gasteiger partial charge in [0.1, 0.15) is 5.75 Å². The van der Waals surface area contributed by atoms with Gasteiger partial charge in [-0.2, -0.15) is 0 Å². The highest BCUT2D eigenvalue weighted by atomic mass is 16.3. The van der Waals surface area contributed by atoms with Crippen LogP contribution in [0.5, 0.6) is 5.75 Å². The van der Waals surface area contributed by atoms with Crippen molar-refractivity contribution in [2.24, 2.45) is 0 Å². The predicted octanol–water partition coefficient (Wildman–Crippen LogP) is 1.87. The lowest BCUT2D eigenvalue weighted by Gasteiger charge is -2.15. The minimum Gasteiger partial charge on any atom is -0.507 e. The van der Waals surface area contributed by atoms with Crippen molar-refractivity contribution in [2.75, 3.05) is 6.61 Å². The molecule has 1 atom stereocenters. The van der Waals surface area contributed by atoms with Crippen LogP contribution >= 0.6 is 0 Å². The van der Waals surface area contributed by atoms with Gasteiger partial charge in [0.25, 0.3) is 0 Å². The van der Waals surface area contributed by atoms with Crippen LogP contribution in [0.3, 0.4) is 0 Å². The number of aryl methyl sites for hydroxylation is 2. The number of hydrogen-bond acceptors (Lipinski definition) is 3. The van der Waals surface area contributed by atoms with Crippen LogP contribution in [-0.2, 0) is 6.54 Å². The zero-order valence-corrected chi connectivity index (χ0v) is 10.2. The molecule has 0 aliphatic rings. The van der Waals surface area contributed by atoms with E-state index < -0.39 is 0 Å². The van der Waals surface area contributed by atoms with Crippen molar-refractivity contribution in [1.82, 2.24) is 5.32 Å². The van der Waals surface area contributed by atoms with E-state index in [1.807, 2.05) is 32.9 Å². The van der Waals surface area contributed by atoms with E-state index in [0.29, 0.717) is 5.75 Å². The number of phenols is 1. The predicted molar refractivity (Wildman–Crippen MR) is 65.6 cm³/mol. The molecule has 0 saturated carbocycles. The summed E-state index contributed by atoms with van der Waals surface area (Å²) in [4.78, 5) is 0. The molecule has 1 aromatic carbocycles. The fourth-order valence-corrected chi connectivity index (χ4v) is 1.75. The summed E-state index contributed by atoms with van der Waals surface area (Å²) in [7, 11) is 0. The molecule has 0 aliphatic heterocycles. The first-order chi connectivity index (χ1) is 7.58. The van der Waals surface area contributed by atoms with Gasteiger partial charge in [-0.15, -0.1) is 0 Å². The molecule has 3 nitrogen and oxygen atoms in total. The lowest BCUT2D eigenvalue weighted by atomic mass is 10.1. The highest BCUT2D eigenvalue weighted by Crippen LogP contribution is 2.22. The summed E-state index contributed by atoms with van der Waals surface area (Å²) < 4.78 is 0. The monoisotopic (exact) mass is 223 g/mol. The molecule has 3 N–H and O–H groups in total. The number of aromatic hydroxyl groups is 1. The third kappa shape index (κ3) is 3.22. The van der Waals surface area contributed by atoms with Crippen LogP contribution in [-0.4, -0.2) is 22.9 Å². The van der Waals surface area contributed by atoms with Crippen molar-refractivity contribution in [2.45, 2.75) is 39.8 Å². The highest BCUT2D eigenvalue weighted by molar-refractivity contribution is 5.42. The van der Waals surface area contributed by atoms with Crippen LogP contribution in [0.4, 0.5) is 0 Å². The van der Waals surface area contributed by atoms with Gasteiger partial charge >= 0.3 is 0 Å². The van der Waals surface area contributed by atoms with Crippen molar-refractivity contribution in [3.05, 3.63) is 28.8 Å². The quantitative estimate of drug-likeness (QED) is 0.714. The second-order valence-corrected chi connectivity index (χ2v) is 4.25. The van der Waals surface area contributed by atoms with E-state index in [9.17, 15) is 5.11 Å². The summed E-state index contributed by atoms with van der Waals surface area (Å²) in [5, 5.41) is 22.0. The van der Waals surface area contributed by atoms with Gasteiger partial charge in [0.2, 0.25) is 0 Å². The van der Waals surface area contributed by atoms with Crippen LogP contribution in [0.2, 0.25) is 0 Å². The zero-order chi connectivity index (χ0) is 12.1. The number of aliphatic hydroxyl groups is 1. The summed E-state index contributed by atoms with van der Waals surface area (Å²) in [6.45, 7) is 6.72. The van der Waals surface area contributed by atoms with Gasteiger partial charge in [-0.3, -0.25) is 0 Å². The maximum atomic E-state index is 9.64. The van der Waals surface area contributed by atoms with Crippen LogP contribution in [0.15, 0.2) is 12.1 Å². The van der Waals surface area contributed by atoms with Gasteiger partial charge in [0, 0.05) is 12.6 Å². The molecule has 0 aromatic heterocycles. The molecular weight excluding hydrogens is 202 g/mol. The summed E-state index contributed by atoms with van der Waals surface area (Å²) in [6, 6.07) is 4.09. The topological polar surface area (TPSA) is 52.5 Å². The number of rotatable bonds is 5. The van der Waals surface area contributed by atoms with E-state index in [1.165, 1.54) is 0 Å². The standard InChI is InChI=1S/C13H21NO2/c1-4-12(8-15)14-7-11-5-9(2)13(16)10(3)6-11/h5-6,12,14-16H,4,7-8H2,1-3H3/t12-/m1/s1. The van der Waals surface area contributed by atoms with Crippen LogP contribution in [0.1, 0.15) is 30.0 Å². The Hall–Kier alpha value is -1.06. The van der Waals surface area contributed by atoms with Crippen LogP contribution in [0, 0.1) is 13.8 Å². The second-order valence-electron chi connectivity index (χ2n) is 4.25. The average molecular weight is 223 g/mol. The van der Waals surface area contributed by atoms with Crippen LogP contribution in [0.25, 0.3) is 0 Å². The molecular formula is C13H21NO2. The zero-order valence-electron chi connectivity index (χ0n) is 10.2. The van der Waals surface area contributed by atoms with Crippen molar-refractivity contribution in [1.29, 1.82) is 0 Å². The van der Waals surface area contributed by atoms with E-state index in [4.69, 9.17) is 5.11 Å². The van der Waals surface area contributed by atoms with E-state index in [-0.39, 0.29) is 12.6 Å². The Balaban J connectivity index is 2.68. The smallest absolute Gasteiger partial charge is 0.121 e. The molecule has 3 heteroatoms. The normalized spacial score (nSPS) is 12.8. The minimum atomic E-state index is 0.148. The van der Waals surface area contributed by atoms with E-state index in [1.54, 1.807) is 0 Å². The third-order valence-electron chi connectivity index (χ3n) is 2.86. The van der Waals surface area contributed by atoms with Crippen molar-refractivity contribution >= 4 is 0 Å². The summed E-state index contributed by atoms with van der Waals surface area (Å²) >= 11 is 0. The van der Waals surface area contributed by atoms with Gasteiger partial charge in [-0.05, 0) is 37.0 Å². The molecule has 0 saturated heterocycles. The van der Waals surface area contributed by atoms with Gasteiger partial charge in [-0.1, -0.05) is 19.1 Å². The minimum absolute atomic E-state index is 0.148. The average Bonchev–Trinajstić information content (AvgIpc) is 2.27. The Morgan fingerprint density at radius 3 is 2.25 bits per heavy atom. The molecule has 0 aliphatic carbocycles. The summed E-state index contributed by atoms with van der Waals surface area (Å²) in [5.41, 5.74) is 2.93. The largest absolute Gasteiger partial charge is 0.507 e. The Morgan fingerprint density at radius 1 is 1.25 bits per heavy atom. The van der Waals surface area contributed by atoms with Gasteiger partial charge < -0.3 is 15.5 Å². The maximum absolute atomic E-state index is 9.64. The number of benzene rings is 1. The lowest BCUT2D eigenvalue weighted by molar-refractivity contribution is 0.238. The van der Waals surface area contributed by atoms with E-state index in [0.717, 1.165) is 29.7 Å². The van der Waals surface area contributed by atoms with Crippen LogP contribution < -0.4 is 5.32 Å². The molecule has 0 radical (unpaired) electrons. The maximum Gasteiger partial charge on any atom is 0.121 e. The molecule has 1 aromatic rings. The van der Waals surface area contributed by atoms with Gasteiger partial charge in [0.05, 0.1) is 6.61 Å². The van der Waals surface area contributed by atoms with Crippen molar-refractivity contribution < 1.29 is 10.2 Å². The molecule has 0 spiro atoms. The number of phenolic OH excluding ortho intramolecular Hbond substituents is 1. The van der Waals surface area contributed by atoms with E-state index in [2.05, 4.69) is 5.32 Å². The van der Waals surface area contributed by atoms with Gasteiger partial charge in [-0.25, -0.2) is 0 Å². The number of aliphatic hydroxyl groups excluding tert-OH is 1. The SMILES string of the molecule is CC[C@H](CO)NCc1cc(C)c(O)c(C)c1. The highest BCUT2D eigenvalue weighted by Gasteiger charge is 2.06. The fraction of sp³-hybridized carbons (Fsp3) is 0.538. The summed E-state index contributed by atoms with van der Waals surface area (Å²) in [5.74, 6) is 0.373. The van der Waals surface area contributed by atoms with Crippen molar-refractivity contribution in [3.63, 3.8) is 0 Å². The molecule has 0 fully saturated rings. The fourth-order valence-electron chi connectivity index (χ4n) is 1.75. The molecule has 16 heavy (non-hydrogen) atoms. The summed E-state index contributed by atoms with van der Waals surface area (Å²) in [6.07, 6.45) is 0.909. The molecule has 0 heterocycles. The van der Waals surface area contributed by atoms with E-state index >= 15 is 0 Å². The Bertz CT molecular complexity index is 323. The first-order valence-electron chi connectivity index (χ1n) is 5.71. The Morgan fingerprint density at radius 2 is 1.81 bits per heavy atom.